The van der Waals surface area contributed by atoms with Crippen LogP contribution in [0.1, 0.15) is 4.88 Å². The molecule has 0 saturated heterocycles. The molecule has 0 amide bonds. The van der Waals surface area contributed by atoms with Crippen molar-refractivity contribution >= 4 is 33.3 Å². The van der Waals surface area contributed by atoms with E-state index in [1.54, 1.807) is 17.4 Å². The van der Waals surface area contributed by atoms with Crippen molar-refractivity contribution < 1.29 is 0 Å². The second kappa shape index (κ2) is 3.55. The molecule has 1 nitrogen and oxygen atoms in total. The summed E-state index contributed by atoms with van der Waals surface area (Å²) >= 11 is 4.93. The Hall–Kier alpha value is -0.590. The summed E-state index contributed by atoms with van der Waals surface area (Å²) in [6.07, 6.45) is 3.26. The highest BCUT2D eigenvalue weighted by atomic mass is 79.9. The lowest BCUT2D eigenvalue weighted by Crippen LogP contribution is -1.52. The fraction of sp³-hybridized carbons (Fsp3) is 0. The van der Waals surface area contributed by atoms with Gasteiger partial charge in [0.2, 0.25) is 0 Å². The van der Waals surface area contributed by atoms with Gasteiger partial charge in [0.25, 0.3) is 0 Å². The Balaban J connectivity index is 2.78. The van der Waals surface area contributed by atoms with E-state index in [1.165, 1.54) is 6.08 Å². The van der Waals surface area contributed by atoms with E-state index in [0.717, 1.165) is 8.66 Å². The summed E-state index contributed by atoms with van der Waals surface area (Å²) in [4.78, 5) is 1.09. The van der Waals surface area contributed by atoms with Crippen molar-refractivity contribution in [3.63, 3.8) is 0 Å². The quantitative estimate of drug-likeness (QED) is 0.659. The fourth-order valence-electron chi connectivity index (χ4n) is 0.537. The van der Waals surface area contributed by atoms with E-state index in [4.69, 9.17) is 5.26 Å². The minimum absolute atomic E-state index is 1.09. The lowest BCUT2D eigenvalue weighted by molar-refractivity contribution is 1.54. The van der Waals surface area contributed by atoms with Crippen molar-refractivity contribution in [1.82, 2.24) is 0 Å². The van der Waals surface area contributed by atoms with Crippen molar-refractivity contribution in [2.45, 2.75) is 0 Å². The maximum atomic E-state index is 8.19. The van der Waals surface area contributed by atoms with Crippen LogP contribution >= 0.6 is 27.3 Å². The largest absolute Gasteiger partial charge is 0.193 e. The van der Waals surface area contributed by atoms with Crippen LogP contribution in [-0.2, 0) is 0 Å². The van der Waals surface area contributed by atoms with Crippen LogP contribution in [0, 0.1) is 11.3 Å². The molecule has 0 radical (unpaired) electrons. The molecule has 0 aromatic carbocycles. The van der Waals surface area contributed by atoms with Gasteiger partial charge in [-0.15, -0.1) is 11.3 Å². The molecule has 0 spiro atoms. The minimum atomic E-state index is 1.09. The molecule has 0 aliphatic heterocycles. The molecule has 1 aromatic rings. The SMILES string of the molecule is N#C/C=C/c1ccc(Br)s1. The average Bonchev–Trinajstić information content (AvgIpc) is 2.31. The number of nitrogens with zero attached hydrogens (tertiary/aromatic N) is 1. The number of hydrogen-bond donors (Lipinski definition) is 0. The third kappa shape index (κ3) is 1.98. The first-order valence-corrected chi connectivity index (χ1v) is 4.25. The van der Waals surface area contributed by atoms with Crippen LogP contribution in [0.15, 0.2) is 22.0 Å². The first kappa shape index (κ1) is 7.52. The van der Waals surface area contributed by atoms with Gasteiger partial charge in [0.05, 0.1) is 9.86 Å². The smallest absolute Gasteiger partial charge is 0.0912 e. The van der Waals surface area contributed by atoms with E-state index >= 15 is 0 Å². The van der Waals surface area contributed by atoms with Gasteiger partial charge in [-0.05, 0) is 34.1 Å². The van der Waals surface area contributed by atoms with Crippen molar-refractivity contribution in [3.8, 4) is 6.07 Å². The fourth-order valence-corrected chi connectivity index (χ4v) is 1.86. The van der Waals surface area contributed by atoms with Gasteiger partial charge in [-0.1, -0.05) is 0 Å². The second-order valence-corrected chi connectivity index (χ2v) is 4.10. The van der Waals surface area contributed by atoms with E-state index < -0.39 is 0 Å². The number of rotatable bonds is 1. The summed E-state index contributed by atoms with van der Waals surface area (Å²) in [6.45, 7) is 0. The summed E-state index contributed by atoms with van der Waals surface area (Å²) in [5, 5.41) is 8.19. The molecule has 1 heterocycles. The van der Waals surface area contributed by atoms with Gasteiger partial charge in [-0.3, -0.25) is 0 Å². The van der Waals surface area contributed by atoms with Crippen LogP contribution < -0.4 is 0 Å². The standard InChI is InChI=1S/C7H4BrNS/c8-7-4-3-6(10-7)2-1-5-9/h1-4H/b2-1+. The van der Waals surface area contributed by atoms with Gasteiger partial charge in [0, 0.05) is 11.0 Å². The molecule has 0 unspecified atom stereocenters. The van der Waals surface area contributed by atoms with Crippen LogP contribution in [0.25, 0.3) is 6.08 Å². The molecule has 1 rings (SSSR count). The van der Waals surface area contributed by atoms with Crippen molar-refractivity contribution in [2.75, 3.05) is 0 Å². The lowest BCUT2D eigenvalue weighted by atomic mass is 10.4. The van der Waals surface area contributed by atoms with Crippen LogP contribution in [-0.4, -0.2) is 0 Å². The molecule has 0 bridgehead atoms. The third-order valence-corrected chi connectivity index (χ3v) is 2.51. The number of allylic oxidation sites excluding steroid dienone is 1. The topological polar surface area (TPSA) is 23.8 Å². The monoisotopic (exact) mass is 213 g/mol. The molecule has 0 aliphatic rings. The predicted molar refractivity (Wildman–Crippen MR) is 46.7 cm³/mol. The van der Waals surface area contributed by atoms with Gasteiger partial charge in [0.1, 0.15) is 0 Å². The van der Waals surface area contributed by atoms with Crippen molar-refractivity contribution in [2.24, 2.45) is 0 Å². The molecule has 1 aromatic heterocycles. The first-order chi connectivity index (χ1) is 4.83. The molecule has 0 fully saturated rings. The van der Waals surface area contributed by atoms with Gasteiger partial charge < -0.3 is 0 Å². The van der Waals surface area contributed by atoms with Gasteiger partial charge in [-0.25, -0.2) is 0 Å². The normalized spacial score (nSPS) is 10.0. The number of nitriles is 1. The number of hydrogen-bond acceptors (Lipinski definition) is 2. The zero-order valence-corrected chi connectivity index (χ0v) is 7.45. The summed E-state index contributed by atoms with van der Waals surface area (Å²) in [7, 11) is 0. The Labute approximate surface area is 71.7 Å². The highest BCUT2D eigenvalue weighted by Crippen LogP contribution is 2.22. The predicted octanol–water partition coefficient (Wildman–Crippen LogP) is 3.05. The van der Waals surface area contributed by atoms with E-state index in [2.05, 4.69) is 15.9 Å². The molecule has 0 saturated carbocycles. The molecule has 10 heavy (non-hydrogen) atoms. The van der Waals surface area contributed by atoms with Crippen LogP contribution in [0.2, 0.25) is 0 Å². The number of halogens is 1. The van der Waals surface area contributed by atoms with Crippen LogP contribution in [0.3, 0.4) is 0 Å². The van der Waals surface area contributed by atoms with Crippen molar-refractivity contribution in [3.05, 3.63) is 26.9 Å². The Bertz CT molecular complexity index is 282. The van der Waals surface area contributed by atoms with E-state index in [9.17, 15) is 0 Å². The minimum Gasteiger partial charge on any atom is -0.193 e. The maximum absolute atomic E-state index is 8.19. The molecule has 50 valence electrons. The highest BCUT2D eigenvalue weighted by molar-refractivity contribution is 9.11. The first-order valence-electron chi connectivity index (χ1n) is 2.64. The zero-order valence-electron chi connectivity index (χ0n) is 5.04. The van der Waals surface area contributed by atoms with Gasteiger partial charge >= 0.3 is 0 Å². The highest BCUT2D eigenvalue weighted by Gasteiger charge is 1.90. The second-order valence-electron chi connectivity index (χ2n) is 1.60. The molecular formula is C7H4BrNS. The van der Waals surface area contributed by atoms with Crippen LogP contribution in [0.4, 0.5) is 0 Å². The van der Waals surface area contributed by atoms with Gasteiger partial charge in [0.15, 0.2) is 0 Å². The molecule has 0 atom stereocenters. The summed E-state index contributed by atoms with van der Waals surface area (Å²) in [5.41, 5.74) is 0. The van der Waals surface area contributed by atoms with Gasteiger partial charge in [-0.2, -0.15) is 5.26 Å². The molecule has 0 N–H and O–H groups in total. The average molecular weight is 214 g/mol. The summed E-state index contributed by atoms with van der Waals surface area (Å²) in [6, 6.07) is 5.86. The van der Waals surface area contributed by atoms with Crippen LogP contribution in [0.5, 0.6) is 0 Å². The summed E-state index contributed by atoms with van der Waals surface area (Å²) in [5.74, 6) is 0. The zero-order chi connectivity index (χ0) is 7.40. The van der Waals surface area contributed by atoms with E-state index in [0.29, 0.717) is 0 Å². The lowest BCUT2D eigenvalue weighted by Gasteiger charge is -1.75. The van der Waals surface area contributed by atoms with E-state index in [1.807, 2.05) is 18.2 Å². The van der Waals surface area contributed by atoms with Crippen molar-refractivity contribution in [1.29, 1.82) is 5.26 Å². The molecular weight excluding hydrogens is 210 g/mol. The maximum Gasteiger partial charge on any atom is 0.0912 e. The molecule has 3 heteroatoms. The summed E-state index contributed by atoms with van der Waals surface area (Å²) < 4.78 is 1.09. The Morgan fingerprint density at radius 1 is 1.60 bits per heavy atom. The number of thiophene rings is 1. The third-order valence-electron chi connectivity index (χ3n) is 0.916. The Morgan fingerprint density at radius 3 is 2.90 bits per heavy atom. The Morgan fingerprint density at radius 2 is 2.40 bits per heavy atom. The van der Waals surface area contributed by atoms with E-state index in [-0.39, 0.29) is 0 Å². The Kier molecular flexibility index (Phi) is 2.67. The molecule has 0 aliphatic carbocycles.